The molecule has 0 bridgehead atoms. The van der Waals surface area contributed by atoms with Crippen molar-refractivity contribution < 1.29 is 15.3 Å². The molecule has 0 saturated heterocycles. The largest absolute Gasteiger partial charge is 0.396 e. The summed E-state index contributed by atoms with van der Waals surface area (Å²) in [5.41, 5.74) is 0. The summed E-state index contributed by atoms with van der Waals surface area (Å²) >= 11 is 0. The van der Waals surface area contributed by atoms with Gasteiger partial charge in [0.25, 0.3) is 0 Å². The van der Waals surface area contributed by atoms with Gasteiger partial charge in [0, 0.05) is 6.61 Å². The summed E-state index contributed by atoms with van der Waals surface area (Å²) in [6, 6.07) is 0. The Morgan fingerprint density at radius 1 is 0.905 bits per heavy atom. The molecular weight excluding hydrogens is 264 g/mol. The van der Waals surface area contributed by atoms with Gasteiger partial charge in [-0.25, -0.2) is 0 Å². The lowest BCUT2D eigenvalue weighted by Gasteiger charge is -1.99. The van der Waals surface area contributed by atoms with Crippen molar-refractivity contribution in [3.63, 3.8) is 0 Å². The summed E-state index contributed by atoms with van der Waals surface area (Å²) in [5.74, 6) is 10.2. The highest BCUT2D eigenvalue weighted by atomic mass is 16.3. The van der Waals surface area contributed by atoms with Crippen LogP contribution < -0.4 is 0 Å². The molecule has 0 fully saturated rings. The van der Waals surface area contributed by atoms with E-state index >= 15 is 0 Å². The molecule has 0 aromatic heterocycles. The molecule has 0 aliphatic carbocycles. The smallest absolute Gasteiger partial charge is 0.134 e. The number of allylic oxidation sites excluding steroid dienone is 1. The van der Waals surface area contributed by atoms with Gasteiger partial charge in [-0.3, -0.25) is 0 Å². The fourth-order valence-corrected chi connectivity index (χ4v) is 1.69. The predicted molar refractivity (Wildman–Crippen MR) is 86.4 cm³/mol. The maximum Gasteiger partial charge on any atom is 0.134 e. The van der Waals surface area contributed by atoms with Gasteiger partial charge < -0.3 is 15.3 Å². The van der Waals surface area contributed by atoms with Crippen LogP contribution in [-0.2, 0) is 0 Å². The van der Waals surface area contributed by atoms with Crippen molar-refractivity contribution in [3.05, 3.63) is 12.2 Å². The minimum Gasteiger partial charge on any atom is -0.396 e. The SMILES string of the molecule is CC[C@H](O)C#CC#C[C@@H](O)/C=C\CCCCCCCCO. The van der Waals surface area contributed by atoms with Crippen molar-refractivity contribution in [1.29, 1.82) is 0 Å². The van der Waals surface area contributed by atoms with Gasteiger partial charge in [-0.05, 0) is 43.6 Å². The highest BCUT2D eigenvalue weighted by Crippen LogP contribution is 2.07. The van der Waals surface area contributed by atoms with Gasteiger partial charge in [0.1, 0.15) is 12.2 Å². The Labute approximate surface area is 129 Å². The summed E-state index contributed by atoms with van der Waals surface area (Å²) in [6.45, 7) is 2.14. The van der Waals surface area contributed by atoms with E-state index in [1.54, 1.807) is 6.08 Å². The quantitative estimate of drug-likeness (QED) is 0.329. The summed E-state index contributed by atoms with van der Waals surface area (Å²) in [7, 11) is 0. The number of aliphatic hydroxyl groups is 3. The Balaban J connectivity index is 3.64. The summed E-state index contributed by atoms with van der Waals surface area (Å²) in [6.07, 6.45) is 10.4. The van der Waals surface area contributed by atoms with Crippen LogP contribution in [0, 0.1) is 23.7 Å². The number of rotatable bonds is 10. The second-order valence-corrected chi connectivity index (χ2v) is 4.97. The molecule has 21 heavy (non-hydrogen) atoms. The summed E-state index contributed by atoms with van der Waals surface area (Å²) < 4.78 is 0. The molecule has 0 aliphatic heterocycles. The molecule has 3 heteroatoms. The second kappa shape index (κ2) is 15.1. The molecule has 0 spiro atoms. The van der Waals surface area contributed by atoms with Crippen LogP contribution in [0.2, 0.25) is 0 Å². The van der Waals surface area contributed by atoms with Gasteiger partial charge in [-0.1, -0.05) is 50.5 Å². The molecule has 0 aromatic carbocycles. The van der Waals surface area contributed by atoms with Crippen molar-refractivity contribution in [2.75, 3.05) is 6.61 Å². The predicted octanol–water partition coefficient (Wildman–Crippen LogP) is 2.40. The molecular formula is C18H28O3. The Hall–Kier alpha value is -1.26. The number of aliphatic hydroxyl groups excluding tert-OH is 3. The molecule has 0 heterocycles. The van der Waals surface area contributed by atoms with Gasteiger partial charge in [0.05, 0.1) is 0 Å². The van der Waals surface area contributed by atoms with E-state index in [4.69, 9.17) is 5.11 Å². The standard InChI is InChI=1S/C18H28O3/c1-2-17(20)13-10-11-15-18(21)14-9-7-5-3-4-6-8-12-16-19/h9,14,17-21H,2-8,12,16H2,1H3/b14-9-/t17-,18-/m0/s1. The van der Waals surface area contributed by atoms with E-state index in [-0.39, 0.29) is 0 Å². The highest BCUT2D eigenvalue weighted by Gasteiger charge is 1.92. The van der Waals surface area contributed by atoms with Crippen molar-refractivity contribution in [3.8, 4) is 23.7 Å². The maximum atomic E-state index is 9.56. The normalized spacial score (nSPS) is 13.1. The van der Waals surface area contributed by atoms with Gasteiger partial charge in [0.2, 0.25) is 0 Å². The fourth-order valence-electron chi connectivity index (χ4n) is 1.69. The third-order valence-electron chi connectivity index (χ3n) is 3.01. The topological polar surface area (TPSA) is 60.7 Å². The van der Waals surface area contributed by atoms with E-state index in [9.17, 15) is 10.2 Å². The molecule has 118 valence electrons. The maximum absolute atomic E-state index is 9.56. The van der Waals surface area contributed by atoms with Gasteiger partial charge in [-0.2, -0.15) is 0 Å². The molecule has 0 amide bonds. The first-order chi connectivity index (χ1) is 10.2. The van der Waals surface area contributed by atoms with Gasteiger partial charge >= 0.3 is 0 Å². The van der Waals surface area contributed by atoms with Crippen LogP contribution in [0.3, 0.4) is 0 Å². The van der Waals surface area contributed by atoms with E-state index in [2.05, 4.69) is 23.7 Å². The molecule has 0 radical (unpaired) electrons. The van der Waals surface area contributed by atoms with Crippen LogP contribution in [0.5, 0.6) is 0 Å². The first-order valence-corrected chi connectivity index (χ1v) is 7.85. The average molecular weight is 292 g/mol. The Kier molecular flexibility index (Phi) is 14.2. The Morgan fingerprint density at radius 2 is 1.52 bits per heavy atom. The molecule has 0 rings (SSSR count). The Morgan fingerprint density at radius 3 is 2.19 bits per heavy atom. The second-order valence-electron chi connectivity index (χ2n) is 4.97. The first-order valence-electron chi connectivity index (χ1n) is 7.85. The molecule has 0 unspecified atom stereocenters. The van der Waals surface area contributed by atoms with E-state index in [1.807, 2.05) is 13.0 Å². The number of hydrogen-bond acceptors (Lipinski definition) is 3. The highest BCUT2D eigenvalue weighted by molar-refractivity contribution is 5.29. The van der Waals surface area contributed by atoms with Crippen LogP contribution in [-0.4, -0.2) is 34.1 Å². The van der Waals surface area contributed by atoms with Crippen molar-refractivity contribution in [1.82, 2.24) is 0 Å². The molecule has 2 atom stereocenters. The van der Waals surface area contributed by atoms with Crippen LogP contribution in [0.4, 0.5) is 0 Å². The van der Waals surface area contributed by atoms with Crippen molar-refractivity contribution >= 4 is 0 Å². The lowest BCUT2D eigenvalue weighted by Crippen LogP contribution is -1.99. The van der Waals surface area contributed by atoms with Crippen LogP contribution in [0.1, 0.15) is 58.3 Å². The molecule has 0 aromatic rings. The Bertz CT molecular complexity index is 379. The summed E-state index contributed by atoms with van der Waals surface area (Å²) in [4.78, 5) is 0. The fraction of sp³-hybridized carbons (Fsp3) is 0.667. The van der Waals surface area contributed by atoms with Crippen LogP contribution in [0.25, 0.3) is 0 Å². The van der Waals surface area contributed by atoms with E-state index in [0.717, 1.165) is 25.7 Å². The zero-order valence-corrected chi connectivity index (χ0v) is 13.0. The minimum atomic E-state index is -0.789. The minimum absolute atomic E-state index is 0.295. The van der Waals surface area contributed by atoms with Gasteiger partial charge in [0.15, 0.2) is 0 Å². The monoisotopic (exact) mass is 292 g/mol. The van der Waals surface area contributed by atoms with Crippen LogP contribution >= 0.6 is 0 Å². The number of hydrogen-bond donors (Lipinski definition) is 3. The molecule has 0 saturated carbocycles. The van der Waals surface area contributed by atoms with Gasteiger partial charge in [-0.15, -0.1) is 0 Å². The lowest BCUT2D eigenvalue weighted by atomic mass is 10.1. The third-order valence-corrected chi connectivity index (χ3v) is 3.01. The third kappa shape index (κ3) is 15.0. The van der Waals surface area contributed by atoms with E-state index in [0.29, 0.717) is 13.0 Å². The summed E-state index contributed by atoms with van der Waals surface area (Å²) in [5, 5.41) is 27.4. The first kappa shape index (κ1) is 19.7. The van der Waals surface area contributed by atoms with E-state index < -0.39 is 12.2 Å². The molecule has 0 aliphatic rings. The molecule has 3 nitrogen and oxygen atoms in total. The lowest BCUT2D eigenvalue weighted by molar-refractivity contribution is 0.228. The van der Waals surface area contributed by atoms with Crippen molar-refractivity contribution in [2.24, 2.45) is 0 Å². The zero-order valence-electron chi connectivity index (χ0n) is 13.0. The van der Waals surface area contributed by atoms with Crippen molar-refractivity contribution in [2.45, 2.75) is 70.5 Å². The average Bonchev–Trinajstić information content (AvgIpc) is 2.49. The molecule has 3 N–H and O–H groups in total. The van der Waals surface area contributed by atoms with E-state index in [1.165, 1.54) is 19.3 Å². The number of unbranched alkanes of at least 4 members (excludes halogenated alkanes) is 6. The zero-order chi connectivity index (χ0) is 15.8. The van der Waals surface area contributed by atoms with Crippen LogP contribution in [0.15, 0.2) is 12.2 Å².